The van der Waals surface area contributed by atoms with E-state index in [-0.39, 0.29) is 0 Å². The average molecular weight is 306 g/mol. The fourth-order valence-electron chi connectivity index (χ4n) is 2.34. The topological polar surface area (TPSA) is 72.2 Å². The van der Waals surface area contributed by atoms with Crippen molar-refractivity contribution >= 4 is 26.5 Å². The molecule has 2 rings (SSSR count). The number of nitrogens with two attached hydrogens (primary N) is 1. The van der Waals surface area contributed by atoms with Crippen molar-refractivity contribution in [1.82, 2.24) is 4.72 Å². The molecule has 4 nitrogen and oxygen atoms in total. The summed E-state index contributed by atoms with van der Waals surface area (Å²) < 4.78 is 27.5. The lowest BCUT2D eigenvalue weighted by Crippen LogP contribution is -2.25. The van der Waals surface area contributed by atoms with E-state index in [1.165, 1.54) is 0 Å². The van der Waals surface area contributed by atoms with E-state index < -0.39 is 10.0 Å². The molecule has 0 aliphatic carbocycles. The Labute approximate surface area is 126 Å². The molecule has 0 amide bonds. The number of benzene rings is 2. The van der Waals surface area contributed by atoms with Gasteiger partial charge in [0.2, 0.25) is 10.0 Å². The Kier molecular flexibility index (Phi) is 5.20. The van der Waals surface area contributed by atoms with Crippen molar-refractivity contribution in [2.24, 2.45) is 0 Å². The summed E-state index contributed by atoms with van der Waals surface area (Å²) in [5, 5.41) is 1.54. The lowest BCUT2D eigenvalue weighted by atomic mass is 10.1. The SMILES string of the molecule is CCCCCCNS(=O)(=O)c1cccc2cc(N)ccc12. The van der Waals surface area contributed by atoms with Gasteiger partial charge in [0.25, 0.3) is 0 Å². The standard InChI is InChI=1S/C16H22N2O2S/c1-2-3-4-5-11-18-21(19,20)16-8-6-7-13-12-14(17)9-10-15(13)16/h6-10,12,18H,2-5,11,17H2,1H3. The molecule has 0 bridgehead atoms. The highest BCUT2D eigenvalue weighted by molar-refractivity contribution is 7.89. The first-order valence-corrected chi connectivity index (χ1v) is 8.81. The normalized spacial score (nSPS) is 11.9. The van der Waals surface area contributed by atoms with Crippen molar-refractivity contribution in [3.05, 3.63) is 36.4 Å². The molecule has 114 valence electrons. The van der Waals surface area contributed by atoms with Crippen LogP contribution >= 0.6 is 0 Å². The van der Waals surface area contributed by atoms with E-state index in [1.54, 1.807) is 30.3 Å². The largest absolute Gasteiger partial charge is 0.399 e. The van der Waals surface area contributed by atoms with Crippen molar-refractivity contribution in [1.29, 1.82) is 0 Å². The van der Waals surface area contributed by atoms with Crippen molar-refractivity contribution in [3.63, 3.8) is 0 Å². The summed E-state index contributed by atoms with van der Waals surface area (Å²) in [6.07, 6.45) is 4.18. The predicted octanol–water partition coefficient (Wildman–Crippen LogP) is 3.28. The van der Waals surface area contributed by atoms with Gasteiger partial charge in [-0.2, -0.15) is 0 Å². The van der Waals surface area contributed by atoms with Gasteiger partial charge in [0.15, 0.2) is 0 Å². The number of rotatable bonds is 7. The van der Waals surface area contributed by atoms with Crippen LogP contribution in [0.4, 0.5) is 5.69 Å². The number of hydrogen-bond acceptors (Lipinski definition) is 3. The summed E-state index contributed by atoms with van der Waals surface area (Å²) in [5.41, 5.74) is 6.37. The van der Waals surface area contributed by atoms with E-state index in [9.17, 15) is 8.42 Å². The molecular formula is C16H22N2O2S. The van der Waals surface area contributed by atoms with Gasteiger partial charge in [-0.15, -0.1) is 0 Å². The predicted molar refractivity (Wildman–Crippen MR) is 87.7 cm³/mol. The molecule has 0 atom stereocenters. The molecule has 2 aromatic rings. The zero-order chi connectivity index (χ0) is 15.3. The van der Waals surface area contributed by atoms with Crippen molar-refractivity contribution in [3.8, 4) is 0 Å². The fraction of sp³-hybridized carbons (Fsp3) is 0.375. The minimum Gasteiger partial charge on any atom is -0.399 e. The van der Waals surface area contributed by atoms with Gasteiger partial charge in [0.05, 0.1) is 4.90 Å². The van der Waals surface area contributed by atoms with Crippen LogP contribution in [0.15, 0.2) is 41.3 Å². The zero-order valence-electron chi connectivity index (χ0n) is 12.3. The average Bonchev–Trinajstić information content (AvgIpc) is 2.46. The van der Waals surface area contributed by atoms with Crippen molar-refractivity contribution in [2.75, 3.05) is 12.3 Å². The number of anilines is 1. The number of nitrogen functional groups attached to an aromatic ring is 1. The summed E-state index contributed by atoms with van der Waals surface area (Å²) in [5.74, 6) is 0. The first-order chi connectivity index (χ1) is 10.0. The smallest absolute Gasteiger partial charge is 0.241 e. The Hall–Kier alpha value is -1.59. The second-order valence-electron chi connectivity index (χ2n) is 5.20. The van der Waals surface area contributed by atoms with Crippen LogP contribution in [0.1, 0.15) is 32.6 Å². The molecule has 0 saturated carbocycles. The third-order valence-corrected chi connectivity index (χ3v) is 5.00. The summed E-state index contributed by atoms with van der Waals surface area (Å²) in [6.45, 7) is 2.61. The van der Waals surface area contributed by atoms with Crippen molar-refractivity contribution in [2.45, 2.75) is 37.5 Å². The van der Waals surface area contributed by atoms with Crippen LogP contribution in [-0.2, 0) is 10.0 Å². The van der Waals surface area contributed by atoms with Crippen LogP contribution in [0.25, 0.3) is 10.8 Å². The summed E-state index contributed by atoms with van der Waals surface area (Å²) in [6, 6.07) is 10.5. The Morgan fingerprint density at radius 1 is 1.10 bits per heavy atom. The maximum atomic E-state index is 12.4. The summed E-state index contributed by atoms with van der Waals surface area (Å²) in [7, 11) is -3.48. The second-order valence-corrected chi connectivity index (χ2v) is 6.93. The van der Waals surface area contributed by atoms with Gasteiger partial charge in [0, 0.05) is 17.6 Å². The number of unbranched alkanes of at least 4 members (excludes halogenated alkanes) is 3. The molecule has 0 radical (unpaired) electrons. The van der Waals surface area contributed by atoms with Gasteiger partial charge in [-0.3, -0.25) is 0 Å². The minimum absolute atomic E-state index is 0.315. The minimum atomic E-state index is -3.48. The van der Waals surface area contributed by atoms with Gasteiger partial charge >= 0.3 is 0 Å². The third-order valence-electron chi connectivity index (χ3n) is 3.48. The first kappa shape index (κ1) is 15.8. The van der Waals surface area contributed by atoms with E-state index in [1.807, 2.05) is 6.07 Å². The van der Waals surface area contributed by atoms with Gasteiger partial charge in [-0.05, 0) is 30.0 Å². The molecule has 0 unspecified atom stereocenters. The number of hydrogen-bond donors (Lipinski definition) is 2. The van der Waals surface area contributed by atoms with E-state index in [4.69, 9.17) is 5.73 Å². The fourth-order valence-corrected chi connectivity index (χ4v) is 3.64. The molecule has 0 aromatic heterocycles. The molecule has 0 spiro atoms. The molecule has 0 saturated heterocycles. The van der Waals surface area contributed by atoms with E-state index >= 15 is 0 Å². The van der Waals surface area contributed by atoms with E-state index in [0.717, 1.165) is 31.1 Å². The highest BCUT2D eigenvalue weighted by atomic mass is 32.2. The zero-order valence-corrected chi connectivity index (χ0v) is 13.1. The molecule has 2 aromatic carbocycles. The Bertz CT molecular complexity index is 711. The monoisotopic (exact) mass is 306 g/mol. The highest BCUT2D eigenvalue weighted by Crippen LogP contribution is 2.24. The first-order valence-electron chi connectivity index (χ1n) is 7.32. The third kappa shape index (κ3) is 3.95. The molecular weight excluding hydrogens is 284 g/mol. The van der Waals surface area contributed by atoms with Crippen LogP contribution in [0.3, 0.4) is 0 Å². The quantitative estimate of drug-likeness (QED) is 0.609. The van der Waals surface area contributed by atoms with Gasteiger partial charge in [0.1, 0.15) is 0 Å². The van der Waals surface area contributed by atoms with E-state index in [0.29, 0.717) is 22.5 Å². The summed E-state index contributed by atoms with van der Waals surface area (Å²) >= 11 is 0. The lowest BCUT2D eigenvalue weighted by Gasteiger charge is -2.10. The van der Waals surface area contributed by atoms with Crippen LogP contribution in [0.2, 0.25) is 0 Å². The van der Waals surface area contributed by atoms with Crippen LogP contribution in [-0.4, -0.2) is 15.0 Å². The van der Waals surface area contributed by atoms with Gasteiger partial charge in [-0.1, -0.05) is 44.4 Å². The number of sulfonamides is 1. The molecule has 3 N–H and O–H groups in total. The van der Waals surface area contributed by atoms with Crippen LogP contribution in [0, 0.1) is 0 Å². The molecule has 5 heteroatoms. The number of fused-ring (bicyclic) bond motifs is 1. The molecule has 0 heterocycles. The van der Waals surface area contributed by atoms with Gasteiger partial charge in [-0.25, -0.2) is 13.1 Å². The van der Waals surface area contributed by atoms with Crippen LogP contribution < -0.4 is 10.5 Å². The molecule has 0 aliphatic rings. The number of nitrogens with one attached hydrogen (secondary N) is 1. The van der Waals surface area contributed by atoms with Crippen molar-refractivity contribution < 1.29 is 8.42 Å². The Balaban J connectivity index is 2.20. The van der Waals surface area contributed by atoms with Crippen LogP contribution in [0.5, 0.6) is 0 Å². The summed E-state index contributed by atoms with van der Waals surface area (Å²) in [4.78, 5) is 0.315. The maximum Gasteiger partial charge on any atom is 0.241 e. The van der Waals surface area contributed by atoms with E-state index in [2.05, 4.69) is 11.6 Å². The lowest BCUT2D eigenvalue weighted by molar-refractivity contribution is 0.574. The van der Waals surface area contributed by atoms with Gasteiger partial charge < -0.3 is 5.73 Å². The Morgan fingerprint density at radius 2 is 1.90 bits per heavy atom. The molecule has 0 aliphatic heterocycles. The maximum absolute atomic E-state index is 12.4. The highest BCUT2D eigenvalue weighted by Gasteiger charge is 2.16. The Morgan fingerprint density at radius 3 is 2.67 bits per heavy atom. The molecule has 21 heavy (non-hydrogen) atoms. The molecule has 0 fully saturated rings. The second kappa shape index (κ2) is 6.91.